The molecule has 0 spiro atoms. The van der Waals surface area contributed by atoms with Crippen LogP contribution in [0.1, 0.15) is 112 Å². The third kappa shape index (κ3) is 5.19. The molecule has 35 heavy (non-hydrogen) atoms. The van der Waals surface area contributed by atoms with Crippen LogP contribution in [0.2, 0.25) is 0 Å². The molecule has 3 saturated carbocycles. The van der Waals surface area contributed by atoms with Gasteiger partial charge in [-0.15, -0.1) is 6.42 Å². The van der Waals surface area contributed by atoms with Crippen LogP contribution in [0.25, 0.3) is 0 Å². The van der Waals surface area contributed by atoms with Crippen LogP contribution < -0.4 is 0 Å². The summed E-state index contributed by atoms with van der Waals surface area (Å²) in [6, 6.07) is 0. The van der Waals surface area contributed by atoms with E-state index in [1.54, 1.807) is 6.92 Å². The summed E-state index contributed by atoms with van der Waals surface area (Å²) in [4.78, 5) is 12.1. The Morgan fingerprint density at radius 1 is 1.09 bits per heavy atom. The van der Waals surface area contributed by atoms with E-state index in [0.717, 1.165) is 54.8 Å². The molecule has 4 rings (SSSR count). The lowest BCUT2D eigenvalue weighted by atomic mass is 9.47. The van der Waals surface area contributed by atoms with Crippen LogP contribution in [-0.4, -0.2) is 18.4 Å². The fourth-order valence-electron chi connectivity index (χ4n) is 9.09. The SMILES string of the molecule is C#C[C@@H](C)OC(=O)O[C@H]1CC[C@@]2(C)C(=CC[C@H]3[C@@H]4CC[C@H]([C@H](C)CCCC(C)C)[C@@]4(C)CC[C@@H]32)C1. The van der Waals surface area contributed by atoms with Crippen molar-refractivity contribution in [2.45, 2.75) is 124 Å². The number of hydrogen-bond acceptors (Lipinski definition) is 3. The van der Waals surface area contributed by atoms with Crippen LogP contribution >= 0.6 is 0 Å². The second kappa shape index (κ2) is 10.5. The third-order valence-electron chi connectivity index (χ3n) is 11.0. The van der Waals surface area contributed by atoms with Gasteiger partial charge in [0.15, 0.2) is 6.10 Å². The van der Waals surface area contributed by atoms with E-state index in [1.807, 2.05) is 0 Å². The van der Waals surface area contributed by atoms with Crippen LogP contribution in [0.5, 0.6) is 0 Å². The minimum Gasteiger partial charge on any atom is -0.431 e. The van der Waals surface area contributed by atoms with Crippen molar-refractivity contribution in [1.82, 2.24) is 0 Å². The maximum Gasteiger partial charge on any atom is 0.509 e. The second-order valence-electron chi connectivity index (χ2n) is 13.4. The minimum atomic E-state index is -0.619. The zero-order valence-corrected chi connectivity index (χ0v) is 23.3. The first-order valence-electron chi connectivity index (χ1n) is 14.6. The van der Waals surface area contributed by atoms with Crippen molar-refractivity contribution in [2.24, 2.45) is 46.3 Å². The van der Waals surface area contributed by atoms with E-state index in [9.17, 15) is 4.79 Å². The molecule has 0 aromatic heterocycles. The van der Waals surface area contributed by atoms with Gasteiger partial charge in [-0.05, 0) is 98.2 Å². The molecule has 0 unspecified atom stereocenters. The molecule has 0 bridgehead atoms. The lowest BCUT2D eigenvalue weighted by Crippen LogP contribution is -2.51. The molecule has 0 aromatic rings. The molecule has 0 aromatic carbocycles. The maximum atomic E-state index is 12.1. The van der Waals surface area contributed by atoms with Gasteiger partial charge in [0.1, 0.15) is 6.10 Å². The highest BCUT2D eigenvalue weighted by molar-refractivity contribution is 5.60. The standard InChI is InChI=1S/C32H50O3/c1-8-23(5)34-30(33)35-25-16-18-31(6)24(20-25)12-13-26-28-15-14-27(22(4)11-9-10-21(2)3)32(28,7)19-17-29(26)31/h1,12,21-23,25-29H,9-11,13-20H2,2-7H3/t22-,23-,25+,26+,27-,28+,29+,31+,32-/m1/s1. The van der Waals surface area contributed by atoms with Crippen LogP contribution in [-0.2, 0) is 9.47 Å². The Balaban J connectivity index is 1.41. The summed E-state index contributed by atoms with van der Waals surface area (Å²) in [5.41, 5.74) is 2.33. The second-order valence-corrected chi connectivity index (χ2v) is 13.4. The highest BCUT2D eigenvalue weighted by atomic mass is 16.7. The lowest BCUT2D eigenvalue weighted by Gasteiger charge is -2.58. The van der Waals surface area contributed by atoms with Gasteiger partial charge in [0.25, 0.3) is 0 Å². The first kappa shape index (κ1) is 26.6. The van der Waals surface area contributed by atoms with Gasteiger partial charge in [0.2, 0.25) is 0 Å². The zero-order valence-electron chi connectivity index (χ0n) is 23.3. The molecule has 0 aliphatic heterocycles. The Bertz CT molecular complexity index is 836. The molecule has 0 saturated heterocycles. The fourth-order valence-corrected chi connectivity index (χ4v) is 9.09. The van der Waals surface area contributed by atoms with Crippen LogP contribution in [0.15, 0.2) is 11.6 Å². The number of ether oxygens (including phenoxy) is 2. The molecule has 3 nitrogen and oxygen atoms in total. The van der Waals surface area contributed by atoms with Crippen molar-refractivity contribution in [3.63, 3.8) is 0 Å². The zero-order chi connectivity index (χ0) is 25.4. The number of terminal acetylenes is 1. The quantitative estimate of drug-likeness (QED) is 0.207. The predicted molar refractivity (Wildman–Crippen MR) is 143 cm³/mol. The lowest BCUT2D eigenvalue weighted by molar-refractivity contribution is -0.0623. The molecule has 3 heteroatoms. The van der Waals surface area contributed by atoms with Crippen molar-refractivity contribution in [3.8, 4) is 12.3 Å². The predicted octanol–water partition coefficient (Wildman–Crippen LogP) is 8.57. The average Bonchev–Trinajstić information content (AvgIpc) is 3.16. The summed E-state index contributed by atoms with van der Waals surface area (Å²) < 4.78 is 10.8. The van der Waals surface area contributed by atoms with E-state index in [0.29, 0.717) is 5.41 Å². The number of allylic oxidation sites excluding steroid dienone is 1. The largest absolute Gasteiger partial charge is 0.509 e. The van der Waals surface area contributed by atoms with Gasteiger partial charge in [-0.2, -0.15) is 0 Å². The van der Waals surface area contributed by atoms with Crippen molar-refractivity contribution >= 4 is 6.16 Å². The summed E-state index contributed by atoms with van der Waals surface area (Å²) in [5.74, 6) is 7.50. The molecule has 196 valence electrons. The van der Waals surface area contributed by atoms with Crippen LogP contribution in [0, 0.1) is 58.7 Å². The topological polar surface area (TPSA) is 35.5 Å². The maximum absolute atomic E-state index is 12.1. The Morgan fingerprint density at radius 3 is 2.57 bits per heavy atom. The van der Waals surface area contributed by atoms with Crippen molar-refractivity contribution in [2.75, 3.05) is 0 Å². The summed E-state index contributed by atoms with van der Waals surface area (Å²) >= 11 is 0. The number of carbonyl (C=O) groups is 1. The highest BCUT2D eigenvalue weighted by Crippen LogP contribution is 2.67. The van der Waals surface area contributed by atoms with E-state index in [1.165, 1.54) is 56.9 Å². The van der Waals surface area contributed by atoms with Crippen LogP contribution in [0.4, 0.5) is 4.79 Å². The Labute approximate surface area is 215 Å². The van der Waals surface area contributed by atoms with Gasteiger partial charge in [0.05, 0.1) is 0 Å². The fraction of sp³-hybridized carbons (Fsp3) is 0.844. The van der Waals surface area contributed by atoms with Gasteiger partial charge in [-0.1, -0.05) is 71.5 Å². The summed E-state index contributed by atoms with van der Waals surface area (Å²) in [6.45, 7) is 14.2. The number of hydrogen-bond donors (Lipinski definition) is 0. The molecule has 0 N–H and O–H groups in total. The molecule has 9 atom stereocenters. The van der Waals surface area contributed by atoms with Crippen molar-refractivity contribution in [1.29, 1.82) is 0 Å². The van der Waals surface area contributed by atoms with Gasteiger partial charge >= 0.3 is 6.16 Å². The Morgan fingerprint density at radius 2 is 1.86 bits per heavy atom. The molecule has 3 fully saturated rings. The van der Waals surface area contributed by atoms with Gasteiger partial charge in [0, 0.05) is 6.42 Å². The molecular weight excluding hydrogens is 432 g/mol. The number of carbonyl (C=O) groups excluding carboxylic acids is 1. The van der Waals surface area contributed by atoms with E-state index in [2.05, 4.69) is 46.6 Å². The highest BCUT2D eigenvalue weighted by Gasteiger charge is 2.59. The van der Waals surface area contributed by atoms with E-state index in [4.69, 9.17) is 15.9 Å². The molecule has 4 aliphatic rings. The summed E-state index contributed by atoms with van der Waals surface area (Å²) in [5, 5.41) is 0. The molecule has 0 heterocycles. The molecular formula is C32H50O3. The Kier molecular flexibility index (Phi) is 8.00. The van der Waals surface area contributed by atoms with Gasteiger partial charge in [-0.3, -0.25) is 0 Å². The van der Waals surface area contributed by atoms with E-state index in [-0.39, 0.29) is 11.5 Å². The summed E-state index contributed by atoms with van der Waals surface area (Å²) in [6.07, 6.45) is 20.6. The molecule has 0 amide bonds. The average molecular weight is 483 g/mol. The first-order valence-corrected chi connectivity index (χ1v) is 14.6. The number of rotatable bonds is 7. The monoisotopic (exact) mass is 482 g/mol. The van der Waals surface area contributed by atoms with E-state index >= 15 is 0 Å². The van der Waals surface area contributed by atoms with Gasteiger partial charge < -0.3 is 9.47 Å². The van der Waals surface area contributed by atoms with Crippen LogP contribution in [0.3, 0.4) is 0 Å². The number of fused-ring (bicyclic) bond motifs is 5. The third-order valence-corrected chi connectivity index (χ3v) is 11.0. The molecule has 4 aliphatic carbocycles. The summed E-state index contributed by atoms with van der Waals surface area (Å²) in [7, 11) is 0. The Hall–Kier alpha value is -1.43. The minimum absolute atomic E-state index is 0.0836. The normalized spacial score (nSPS) is 39.9. The van der Waals surface area contributed by atoms with Gasteiger partial charge in [-0.25, -0.2) is 4.79 Å². The molecule has 0 radical (unpaired) electrons. The van der Waals surface area contributed by atoms with Crippen molar-refractivity contribution < 1.29 is 14.3 Å². The first-order chi connectivity index (χ1) is 16.6. The van der Waals surface area contributed by atoms with E-state index < -0.39 is 12.3 Å². The smallest absolute Gasteiger partial charge is 0.431 e. The van der Waals surface area contributed by atoms with Crippen molar-refractivity contribution in [3.05, 3.63) is 11.6 Å².